The fourth-order valence-corrected chi connectivity index (χ4v) is 2.55. The molecule has 74 valence electrons. The lowest BCUT2D eigenvalue weighted by atomic mass is 9.96. The summed E-state index contributed by atoms with van der Waals surface area (Å²) in [7, 11) is 0. The highest BCUT2D eigenvalue weighted by molar-refractivity contribution is 5.55. The first kappa shape index (κ1) is 8.24. The number of fused-ring (bicyclic) bond motifs is 3. The van der Waals surface area contributed by atoms with Crippen molar-refractivity contribution in [1.29, 1.82) is 0 Å². The van der Waals surface area contributed by atoms with Gasteiger partial charge in [-0.3, -0.25) is 4.98 Å². The van der Waals surface area contributed by atoms with E-state index < -0.39 is 0 Å². The van der Waals surface area contributed by atoms with E-state index in [1.54, 1.807) is 0 Å². The maximum absolute atomic E-state index is 4.19. The molecule has 0 saturated carbocycles. The zero-order chi connectivity index (χ0) is 9.38. The number of aryl methyl sites for hydroxylation is 1. The van der Waals surface area contributed by atoms with Crippen molar-refractivity contribution in [2.45, 2.75) is 18.9 Å². The third kappa shape index (κ3) is 1.20. The zero-order valence-corrected chi connectivity index (χ0v) is 8.24. The Balaban J connectivity index is 1.99. The first-order chi connectivity index (χ1) is 6.95. The fraction of sp³-hybridized carbons (Fsp3) is 0.545. The number of piperazine rings is 1. The minimum absolute atomic E-state index is 0.707. The molecule has 2 aliphatic heterocycles. The highest BCUT2D eigenvalue weighted by Gasteiger charge is 2.27. The number of nitrogens with zero attached hydrogens (tertiary/aromatic N) is 2. The summed E-state index contributed by atoms with van der Waals surface area (Å²) in [5.74, 6) is 0. The van der Waals surface area contributed by atoms with Crippen LogP contribution in [0.2, 0.25) is 0 Å². The smallest absolute Gasteiger partial charge is 0.0433 e. The Morgan fingerprint density at radius 3 is 3.50 bits per heavy atom. The average Bonchev–Trinajstić information content (AvgIpc) is 2.29. The van der Waals surface area contributed by atoms with Gasteiger partial charge in [-0.1, -0.05) is 0 Å². The molecule has 0 unspecified atom stereocenters. The topological polar surface area (TPSA) is 28.2 Å². The van der Waals surface area contributed by atoms with Crippen LogP contribution in [0, 0.1) is 0 Å². The second kappa shape index (κ2) is 3.24. The molecule has 1 N–H and O–H groups in total. The lowest BCUT2D eigenvalue weighted by Crippen LogP contribution is -2.53. The molecular weight excluding hydrogens is 174 g/mol. The second-order valence-corrected chi connectivity index (χ2v) is 4.09. The lowest BCUT2D eigenvalue weighted by Gasteiger charge is -2.42. The highest BCUT2D eigenvalue weighted by atomic mass is 15.2. The van der Waals surface area contributed by atoms with Crippen molar-refractivity contribution in [3.05, 3.63) is 24.0 Å². The largest absolute Gasteiger partial charge is 0.366 e. The van der Waals surface area contributed by atoms with Gasteiger partial charge in [-0.05, 0) is 24.5 Å². The lowest BCUT2D eigenvalue weighted by molar-refractivity contribution is 0.439. The highest BCUT2D eigenvalue weighted by Crippen LogP contribution is 2.30. The Bertz CT molecular complexity index is 337. The van der Waals surface area contributed by atoms with Gasteiger partial charge in [0.15, 0.2) is 0 Å². The second-order valence-electron chi connectivity index (χ2n) is 4.09. The molecule has 3 nitrogen and oxygen atoms in total. The Hall–Kier alpha value is -1.09. The summed E-state index contributed by atoms with van der Waals surface area (Å²) in [6.07, 6.45) is 6.38. The van der Waals surface area contributed by atoms with Crippen LogP contribution in [-0.2, 0) is 6.42 Å². The number of anilines is 1. The van der Waals surface area contributed by atoms with Crippen molar-refractivity contribution in [2.75, 3.05) is 24.5 Å². The minimum atomic E-state index is 0.707. The van der Waals surface area contributed by atoms with Crippen molar-refractivity contribution in [1.82, 2.24) is 10.3 Å². The summed E-state index contributed by atoms with van der Waals surface area (Å²) in [6.45, 7) is 3.39. The fourth-order valence-electron chi connectivity index (χ4n) is 2.55. The molecule has 3 rings (SSSR count). The molecule has 2 aliphatic rings. The monoisotopic (exact) mass is 189 g/mol. The summed E-state index contributed by atoms with van der Waals surface area (Å²) in [5.41, 5.74) is 2.84. The molecule has 1 aromatic heterocycles. The molecular formula is C11H15N3. The molecule has 3 heterocycles. The maximum atomic E-state index is 4.19. The van der Waals surface area contributed by atoms with Gasteiger partial charge in [-0.15, -0.1) is 0 Å². The van der Waals surface area contributed by atoms with Gasteiger partial charge in [-0.2, -0.15) is 0 Å². The molecule has 0 radical (unpaired) electrons. The van der Waals surface area contributed by atoms with E-state index in [0.29, 0.717) is 6.04 Å². The number of hydrogen-bond acceptors (Lipinski definition) is 3. The Labute approximate surface area is 84.1 Å². The first-order valence-corrected chi connectivity index (χ1v) is 5.35. The van der Waals surface area contributed by atoms with Crippen LogP contribution in [-0.4, -0.2) is 30.7 Å². The standard InChI is InChI=1S/C11H15N3/c1-2-10-8-13-5-6-14(10)11-3-4-12-7-9(1)11/h3-4,7,10,13H,1-2,5-6,8H2/t10-/m1/s1. The van der Waals surface area contributed by atoms with E-state index >= 15 is 0 Å². The van der Waals surface area contributed by atoms with E-state index in [0.717, 1.165) is 19.6 Å². The Kier molecular flexibility index (Phi) is 1.91. The van der Waals surface area contributed by atoms with Gasteiger partial charge in [-0.25, -0.2) is 0 Å². The first-order valence-electron chi connectivity index (χ1n) is 5.35. The molecule has 1 saturated heterocycles. The summed E-state index contributed by atoms with van der Waals surface area (Å²) in [6, 6.07) is 2.87. The van der Waals surface area contributed by atoms with E-state index in [9.17, 15) is 0 Å². The van der Waals surface area contributed by atoms with Crippen molar-refractivity contribution in [3.8, 4) is 0 Å². The van der Waals surface area contributed by atoms with Crippen LogP contribution < -0.4 is 10.2 Å². The molecule has 0 spiro atoms. The molecule has 3 heteroatoms. The molecule has 0 bridgehead atoms. The predicted molar refractivity (Wildman–Crippen MR) is 56.6 cm³/mol. The van der Waals surface area contributed by atoms with E-state index in [1.165, 1.54) is 24.1 Å². The van der Waals surface area contributed by atoms with Crippen LogP contribution in [0.15, 0.2) is 18.5 Å². The average molecular weight is 189 g/mol. The van der Waals surface area contributed by atoms with E-state index in [1.807, 2.05) is 12.4 Å². The summed E-state index contributed by atoms with van der Waals surface area (Å²) in [5, 5.41) is 3.46. The molecule has 14 heavy (non-hydrogen) atoms. The maximum Gasteiger partial charge on any atom is 0.0433 e. The predicted octanol–water partition coefficient (Wildman–Crippen LogP) is 0.806. The summed E-state index contributed by atoms with van der Waals surface area (Å²) in [4.78, 5) is 6.73. The number of nitrogens with one attached hydrogen (secondary N) is 1. The molecule has 0 aliphatic carbocycles. The van der Waals surface area contributed by atoms with Gasteiger partial charge < -0.3 is 10.2 Å². The molecule has 1 atom stereocenters. The summed E-state index contributed by atoms with van der Waals surface area (Å²) >= 11 is 0. The van der Waals surface area contributed by atoms with Crippen LogP contribution in [0.5, 0.6) is 0 Å². The van der Waals surface area contributed by atoms with Crippen molar-refractivity contribution < 1.29 is 0 Å². The van der Waals surface area contributed by atoms with Crippen molar-refractivity contribution in [2.24, 2.45) is 0 Å². The quantitative estimate of drug-likeness (QED) is 0.654. The number of hydrogen-bond donors (Lipinski definition) is 1. The molecule has 0 aromatic carbocycles. The Morgan fingerprint density at radius 2 is 2.50 bits per heavy atom. The SMILES string of the molecule is c1cc2c(cn1)CC[C@@H]1CNCCN21. The minimum Gasteiger partial charge on any atom is -0.366 e. The van der Waals surface area contributed by atoms with Crippen LogP contribution in [0.1, 0.15) is 12.0 Å². The molecule has 1 fully saturated rings. The van der Waals surface area contributed by atoms with E-state index in [2.05, 4.69) is 21.3 Å². The number of rotatable bonds is 0. The van der Waals surface area contributed by atoms with Crippen LogP contribution in [0.3, 0.4) is 0 Å². The van der Waals surface area contributed by atoms with Gasteiger partial charge in [0.1, 0.15) is 0 Å². The van der Waals surface area contributed by atoms with E-state index in [4.69, 9.17) is 0 Å². The van der Waals surface area contributed by atoms with Gasteiger partial charge in [0.2, 0.25) is 0 Å². The van der Waals surface area contributed by atoms with Crippen molar-refractivity contribution in [3.63, 3.8) is 0 Å². The number of aromatic nitrogens is 1. The molecule has 0 amide bonds. The third-order valence-electron chi connectivity index (χ3n) is 3.28. The van der Waals surface area contributed by atoms with Crippen LogP contribution in [0.25, 0.3) is 0 Å². The van der Waals surface area contributed by atoms with Gasteiger partial charge in [0, 0.05) is 43.8 Å². The van der Waals surface area contributed by atoms with Gasteiger partial charge >= 0.3 is 0 Å². The number of pyridine rings is 1. The van der Waals surface area contributed by atoms with Crippen LogP contribution >= 0.6 is 0 Å². The van der Waals surface area contributed by atoms with Gasteiger partial charge in [0.25, 0.3) is 0 Å². The van der Waals surface area contributed by atoms with Crippen molar-refractivity contribution >= 4 is 5.69 Å². The van der Waals surface area contributed by atoms with Gasteiger partial charge in [0.05, 0.1) is 0 Å². The third-order valence-corrected chi connectivity index (χ3v) is 3.28. The normalized spacial score (nSPS) is 25.4. The zero-order valence-electron chi connectivity index (χ0n) is 8.24. The molecule has 1 aromatic rings. The van der Waals surface area contributed by atoms with E-state index in [-0.39, 0.29) is 0 Å². The Morgan fingerprint density at radius 1 is 1.50 bits per heavy atom. The van der Waals surface area contributed by atoms with Crippen LogP contribution in [0.4, 0.5) is 5.69 Å². The summed E-state index contributed by atoms with van der Waals surface area (Å²) < 4.78 is 0.